The second kappa shape index (κ2) is 12.1. The third-order valence-corrected chi connectivity index (χ3v) is 5.43. The molecule has 2 fully saturated rings. The van der Waals surface area contributed by atoms with Gasteiger partial charge in [0.25, 0.3) is 0 Å². The van der Waals surface area contributed by atoms with E-state index in [9.17, 15) is 9.59 Å². The number of amides is 2. The van der Waals surface area contributed by atoms with Crippen LogP contribution in [0.3, 0.4) is 0 Å². The Morgan fingerprint density at radius 1 is 1.27 bits per heavy atom. The molecule has 168 valence electrons. The molecule has 10 heteroatoms. The molecule has 1 saturated heterocycles. The Morgan fingerprint density at radius 3 is 2.67 bits per heavy atom. The van der Waals surface area contributed by atoms with Crippen molar-refractivity contribution in [3.8, 4) is 0 Å². The number of nitrogens with one attached hydrogen (secondary N) is 2. The van der Waals surface area contributed by atoms with Gasteiger partial charge in [0.05, 0.1) is 18.4 Å². The molecule has 1 aliphatic heterocycles. The van der Waals surface area contributed by atoms with Crippen LogP contribution in [-0.2, 0) is 16.6 Å². The van der Waals surface area contributed by atoms with E-state index in [1.807, 2.05) is 25.1 Å². The van der Waals surface area contributed by atoms with E-state index in [0.717, 1.165) is 18.5 Å². The van der Waals surface area contributed by atoms with Crippen molar-refractivity contribution in [3.05, 3.63) is 12.4 Å². The smallest absolute Gasteiger partial charge is 0.246 e. The van der Waals surface area contributed by atoms with Crippen LogP contribution >= 0.6 is 24.0 Å². The largest absolute Gasteiger partial charge is 0.357 e. The molecular formula is C20H34IN7O2. The number of piperazine rings is 1. The minimum atomic E-state index is 0. The molecule has 1 aliphatic carbocycles. The minimum Gasteiger partial charge on any atom is -0.357 e. The molecule has 2 aliphatic rings. The Bertz CT molecular complexity index is 730. The van der Waals surface area contributed by atoms with Gasteiger partial charge in [-0.1, -0.05) is 19.3 Å². The molecule has 9 nitrogen and oxygen atoms in total. The first-order valence-electron chi connectivity index (χ1n) is 10.7. The van der Waals surface area contributed by atoms with Crippen molar-refractivity contribution in [2.75, 3.05) is 37.6 Å². The van der Waals surface area contributed by atoms with Crippen molar-refractivity contribution in [1.82, 2.24) is 25.3 Å². The van der Waals surface area contributed by atoms with E-state index >= 15 is 0 Å². The number of halogens is 1. The zero-order valence-electron chi connectivity index (χ0n) is 18.0. The SMILES string of the molecule is CCNC(=NCCC(=O)NC1CCCCC1)N1CCN(c2cnn(C)c2)C(=O)C1.I. The predicted molar refractivity (Wildman–Crippen MR) is 128 cm³/mol. The quantitative estimate of drug-likeness (QED) is 0.330. The summed E-state index contributed by atoms with van der Waals surface area (Å²) in [6.45, 7) is 4.65. The third-order valence-electron chi connectivity index (χ3n) is 5.43. The topological polar surface area (TPSA) is 94.9 Å². The Labute approximate surface area is 195 Å². The average Bonchev–Trinajstić information content (AvgIpc) is 3.14. The monoisotopic (exact) mass is 531 g/mol. The van der Waals surface area contributed by atoms with Gasteiger partial charge in [-0.2, -0.15) is 5.10 Å². The molecule has 2 N–H and O–H groups in total. The van der Waals surface area contributed by atoms with Crippen molar-refractivity contribution in [2.45, 2.75) is 51.5 Å². The zero-order valence-corrected chi connectivity index (χ0v) is 20.3. The number of aliphatic imine (C=N–C) groups is 1. The average molecular weight is 531 g/mol. The lowest BCUT2D eigenvalue weighted by Gasteiger charge is -2.35. The summed E-state index contributed by atoms with van der Waals surface area (Å²) in [6, 6.07) is 0.326. The molecular weight excluding hydrogens is 497 g/mol. The Balaban J connectivity index is 0.00000320. The summed E-state index contributed by atoms with van der Waals surface area (Å²) in [5.74, 6) is 0.774. The van der Waals surface area contributed by atoms with Crippen molar-refractivity contribution >= 4 is 47.4 Å². The highest BCUT2D eigenvalue weighted by Gasteiger charge is 2.27. The zero-order chi connectivity index (χ0) is 20.6. The summed E-state index contributed by atoms with van der Waals surface area (Å²) in [6.07, 6.45) is 9.77. The molecule has 0 radical (unpaired) electrons. The number of aromatic nitrogens is 2. The van der Waals surface area contributed by atoms with E-state index in [1.54, 1.807) is 15.8 Å². The third kappa shape index (κ3) is 6.85. The van der Waals surface area contributed by atoms with Gasteiger partial charge in [-0.05, 0) is 19.8 Å². The Morgan fingerprint density at radius 2 is 2.03 bits per heavy atom. The number of rotatable bonds is 6. The van der Waals surface area contributed by atoms with E-state index in [0.29, 0.717) is 44.6 Å². The van der Waals surface area contributed by atoms with Crippen molar-refractivity contribution in [1.29, 1.82) is 0 Å². The van der Waals surface area contributed by atoms with E-state index < -0.39 is 0 Å². The predicted octanol–water partition coefficient (Wildman–Crippen LogP) is 1.49. The van der Waals surface area contributed by atoms with Crippen LogP contribution in [0, 0.1) is 0 Å². The molecule has 2 amide bonds. The lowest BCUT2D eigenvalue weighted by molar-refractivity contribution is -0.122. The number of nitrogens with zero attached hydrogens (tertiary/aromatic N) is 5. The summed E-state index contributed by atoms with van der Waals surface area (Å²) >= 11 is 0. The molecule has 0 unspecified atom stereocenters. The van der Waals surface area contributed by atoms with Crippen molar-refractivity contribution in [3.63, 3.8) is 0 Å². The van der Waals surface area contributed by atoms with Crippen LogP contribution < -0.4 is 15.5 Å². The second-order valence-corrected chi connectivity index (χ2v) is 7.73. The van der Waals surface area contributed by atoms with E-state index in [4.69, 9.17) is 0 Å². The van der Waals surface area contributed by atoms with Gasteiger partial charge >= 0.3 is 0 Å². The van der Waals surface area contributed by atoms with Crippen LogP contribution in [0.1, 0.15) is 45.4 Å². The molecule has 3 rings (SSSR count). The van der Waals surface area contributed by atoms with Crippen LogP contribution in [0.5, 0.6) is 0 Å². The number of guanidine groups is 1. The lowest BCUT2D eigenvalue weighted by atomic mass is 9.95. The van der Waals surface area contributed by atoms with Gasteiger partial charge in [0.15, 0.2) is 5.96 Å². The summed E-state index contributed by atoms with van der Waals surface area (Å²) in [7, 11) is 1.84. The van der Waals surface area contributed by atoms with Crippen LogP contribution in [0.15, 0.2) is 17.4 Å². The van der Waals surface area contributed by atoms with Crippen LogP contribution in [0.4, 0.5) is 5.69 Å². The number of carbonyl (C=O) groups is 2. The maximum Gasteiger partial charge on any atom is 0.246 e. The minimum absolute atomic E-state index is 0. The van der Waals surface area contributed by atoms with E-state index in [1.165, 1.54) is 19.3 Å². The Hall–Kier alpha value is -1.85. The first-order chi connectivity index (χ1) is 14.1. The molecule has 0 bridgehead atoms. The number of hydrogen-bond donors (Lipinski definition) is 2. The number of hydrogen-bond acceptors (Lipinski definition) is 4. The van der Waals surface area contributed by atoms with E-state index in [2.05, 4.69) is 20.7 Å². The Kier molecular flexibility index (Phi) is 9.86. The van der Waals surface area contributed by atoms with E-state index in [-0.39, 0.29) is 42.3 Å². The van der Waals surface area contributed by atoms with Crippen LogP contribution in [-0.4, -0.2) is 71.2 Å². The summed E-state index contributed by atoms with van der Waals surface area (Å²) in [5.41, 5.74) is 0.818. The fraction of sp³-hybridized carbons (Fsp3) is 0.700. The summed E-state index contributed by atoms with van der Waals surface area (Å²) in [5, 5.41) is 10.5. The summed E-state index contributed by atoms with van der Waals surface area (Å²) in [4.78, 5) is 33.1. The highest BCUT2D eigenvalue weighted by molar-refractivity contribution is 14.0. The van der Waals surface area contributed by atoms with Crippen molar-refractivity contribution < 1.29 is 9.59 Å². The highest BCUT2D eigenvalue weighted by Crippen LogP contribution is 2.18. The van der Waals surface area contributed by atoms with Gasteiger partial charge in [-0.3, -0.25) is 19.3 Å². The highest BCUT2D eigenvalue weighted by atomic mass is 127. The number of carbonyl (C=O) groups excluding carboxylic acids is 2. The number of anilines is 1. The standard InChI is InChI=1S/C20H33N7O2.HI/c1-3-21-20(22-10-9-18(28)24-16-7-5-4-6-8-16)26-11-12-27(19(29)15-26)17-13-23-25(2)14-17;/h13-14,16H,3-12,15H2,1-2H3,(H,21,22)(H,24,28);1H. The fourth-order valence-electron chi connectivity index (χ4n) is 3.91. The maximum atomic E-state index is 12.6. The van der Waals surface area contributed by atoms with Crippen LogP contribution in [0.2, 0.25) is 0 Å². The summed E-state index contributed by atoms with van der Waals surface area (Å²) < 4.78 is 1.69. The first kappa shape index (κ1) is 24.4. The van der Waals surface area contributed by atoms with Gasteiger partial charge in [-0.25, -0.2) is 0 Å². The molecule has 30 heavy (non-hydrogen) atoms. The molecule has 2 heterocycles. The maximum absolute atomic E-state index is 12.6. The molecule has 1 aromatic rings. The normalized spacial score (nSPS) is 18.2. The van der Waals surface area contributed by atoms with Crippen molar-refractivity contribution in [2.24, 2.45) is 12.0 Å². The molecule has 1 aromatic heterocycles. The fourth-order valence-corrected chi connectivity index (χ4v) is 3.91. The molecule has 0 atom stereocenters. The molecule has 0 spiro atoms. The molecule has 0 aromatic carbocycles. The van der Waals surface area contributed by atoms with Gasteiger partial charge in [0.2, 0.25) is 11.8 Å². The van der Waals surface area contributed by atoms with Gasteiger partial charge in [0, 0.05) is 45.3 Å². The first-order valence-corrected chi connectivity index (χ1v) is 10.7. The van der Waals surface area contributed by atoms with Gasteiger partial charge in [-0.15, -0.1) is 24.0 Å². The number of aryl methyl sites for hydroxylation is 1. The van der Waals surface area contributed by atoms with Crippen LogP contribution in [0.25, 0.3) is 0 Å². The van der Waals surface area contributed by atoms with Gasteiger partial charge < -0.3 is 20.4 Å². The second-order valence-electron chi connectivity index (χ2n) is 7.73. The lowest BCUT2D eigenvalue weighted by Crippen LogP contribution is -2.55. The molecule has 1 saturated carbocycles. The van der Waals surface area contributed by atoms with Gasteiger partial charge in [0.1, 0.15) is 6.54 Å².